The minimum atomic E-state index is -0.574. The Bertz CT molecular complexity index is 410. The fourth-order valence-electron chi connectivity index (χ4n) is 1.35. The van der Waals surface area contributed by atoms with Crippen LogP contribution in [0.4, 0.5) is 0 Å². The number of aromatic nitrogens is 1. The van der Waals surface area contributed by atoms with Gasteiger partial charge in [-0.05, 0) is 22.4 Å². The predicted octanol–water partition coefficient (Wildman–Crippen LogP) is 4.24. The molecule has 3 nitrogen and oxygen atoms in total. The van der Waals surface area contributed by atoms with Gasteiger partial charge in [0.05, 0.1) is 28.3 Å². The van der Waals surface area contributed by atoms with E-state index < -0.39 is 6.29 Å². The molecule has 0 aromatic carbocycles. The highest BCUT2D eigenvalue weighted by atomic mass is 79.9. The molecule has 2 heterocycles. The third-order valence-corrected chi connectivity index (χ3v) is 4.27. The molecule has 1 fully saturated rings. The van der Waals surface area contributed by atoms with Crippen molar-refractivity contribution in [2.45, 2.75) is 12.7 Å². The molecule has 0 spiro atoms. The Labute approximate surface area is 116 Å². The van der Waals surface area contributed by atoms with Crippen molar-refractivity contribution in [2.24, 2.45) is 0 Å². The molecule has 1 aromatic heterocycles. The lowest BCUT2D eigenvalue weighted by atomic mass is 10.2. The first-order chi connectivity index (χ1) is 7.61. The van der Waals surface area contributed by atoms with Crippen LogP contribution in [0.2, 0.25) is 15.3 Å². The van der Waals surface area contributed by atoms with Crippen LogP contribution in [0.1, 0.15) is 18.3 Å². The molecule has 88 valence electrons. The largest absolute Gasteiger partial charge is 0.348 e. The molecule has 1 aliphatic rings. The number of pyridine rings is 1. The van der Waals surface area contributed by atoms with Crippen molar-refractivity contribution in [3.05, 3.63) is 25.4 Å². The van der Waals surface area contributed by atoms with Gasteiger partial charge >= 0.3 is 0 Å². The first-order valence-corrected chi connectivity index (χ1v) is 6.47. The third kappa shape index (κ3) is 2.47. The zero-order valence-electron chi connectivity index (χ0n) is 7.97. The quantitative estimate of drug-likeness (QED) is 0.712. The van der Waals surface area contributed by atoms with E-state index in [0.717, 1.165) is 6.42 Å². The summed E-state index contributed by atoms with van der Waals surface area (Å²) in [5.74, 6) is 0. The Hall–Kier alpha value is 0.420. The summed E-state index contributed by atoms with van der Waals surface area (Å²) >= 11 is 21.2. The molecule has 0 amide bonds. The van der Waals surface area contributed by atoms with Gasteiger partial charge in [0.1, 0.15) is 10.3 Å². The van der Waals surface area contributed by atoms with Crippen LogP contribution in [0.15, 0.2) is 4.47 Å². The molecule has 0 bridgehead atoms. The fraction of sp³-hybridized carbons (Fsp3) is 0.444. The van der Waals surface area contributed by atoms with Crippen molar-refractivity contribution < 1.29 is 9.47 Å². The number of nitrogens with zero attached hydrogens (tertiary/aromatic N) is 1. The number of hydrogen-bond acceptors (Lipinski definition) is 3. The van der Waals surface area contributed by atoms with E-state index in [1.54, 1.807) is 0 Å². The van der Waals surface area contributed by atoms with Crippen LogP contribution in [0.3, 0.4) is 0 Å². The first-order valence-electron chi connectivity index (χ1n) is 4.54. The molecule has 16 heavy (non-hydrogen) atoms. The van der Waals surface area contributed by atoms with Gasteiger partial charge in [0.15, 0.2) is 6.29 Å². The molecular formula is C9H7BrCl3NO2. The Kier molecular flexibility index (Phi) is 4.32. The van der Waals surface area contributed by atoms with Crippen LogP contribution in [0, 0.1) is 0 Å². The molecule has 0 aliphatic carbocycles. The number of ether oxygens (including phenoxy) is 2. The van der Waals surface area contributed by atoms with Gasteiger partial charge in [-0.3, -0.25) is 0 Å². The monoisotopic (exact) mass is 345 g/mol. The maximum Gasteiger partial charge on any atom is 0.188 e. The zero-order valence-corrected chi connectivity index (χ0v) is 11.8. The molecule has 7 heteroatoms. The topological polar surface area (TPSA) is 31.4 Å². The molecule has 2 rings (SSSR count). The predicted molar refractivity (Wildman–Crippen MR) is 66.2 cm³/mol. The highest BCUT2D eigenvalue weighted by Gasteiger charge is 2.26. The smallest absolute Gasteiger partial charge is 0.188 e. The van der Waals surface area contributed by atoms with Crippen LogP contribution in [0.5, 0.6) is 0 Å². The second-order valence-electron chi connectivity index (χ2n) is 3.16. The average Bonchev–Trinajstić information content (AvgIpc) is 2.28. The second-order valence-corrected chi connectivity index (χ2v) is 5.05. The molecule has 0 atom stereocenters. The Morgan fingerprint density at radius 3 is 2.38 bits per heavy atom. The Balaban J connectivity index is 2.42. The van der Waals surface area contributed by atoms with Crippen molar-refractivity contribution in [1.29, 1.82) is 0 Å². The lowest BCUT2D eigenvalue weighted by Crippen LogP contribution is -2.18. The highest BCUT2D eigenvalue weighted by Crippen LogP contribution is 2.40. The normalized spacial score (nSPS) is 17.8. The van der Waals surface area contributed by atoms with Gasteiger partial charge in [-0.25, -0.2) is 4.98 Å². The van der Waals surface area contributed by atoms with E-state index in [1.807, 2.05) is 0 Å². The van der Waals surface area contributed by atoms with Gasteiger partial charge < -0.3 is 9.47 Å². The minimum Gasteiger partial charge on any atom is -0.348 e. The molecular weight excluding hydrogens is 340 g/mol. The average molecular weight is 347 g/mol. The molecule has 1 saturated heterocycles. The van der Waals surface area contributed by atoms with E-state index in [9.17, 15) is 0 Å². The van der Waals surface area contributed by atoms with Crippen LogP contribution in [-0.4, -0.2) is 18.2 Å². The van der Waals surface area contributed by atoms with E-state index >= 15 is 0 Å². The fourth-order valence-corrected chi connectivity index (χ4v) is 2.51. The molecule has 0 radical (unpaired) electrons. The van der Waals surface area contributed by atoms with Gasteiger partial charge in [-0.2, -0.15) is 0 Å². The summed E-state index contributed by atoms with van der Waals surface area (Å²) in [5, 5.41) is 0.788. The Morgan fingerprint density at radius 2 is 1.75 bits per heavy atom. The van der Waals surface area contributed by atoms with Crippen molar-refractivity contribution in [3.63, 3.8) is 0 Å². The lowest BCUT2D eigenvalue weighted by Gasteiger charge is -2.25. The van der Waals surface area contributed by atoms with Crippen LogP contribution in [0.25, 0.3) is 0 Å². The number of halogens is 4. The summed E-state index contributed by atoms with van der Waals surface area (Å²) in [6, 6.07) is 0. The summed E-state index contributed by atoms with van der Waals surface area (Å²) in [7, 11) is 0. The minimum absolute atomic E-state index is 0.199. The van der Waals surface area contributed by atoms with E-state index in [4.69, 9.17) is 44.3 Å². The summed E-state index contributed by atoms with van der Waals surface area (Å²) in [6.45, 7) is 1.22. The van der Waals surface area contributed by atoms with Gasteiger partial charge in [-0.15, -0.1) is 0 Å². The van der Waals surface area contributed by atoms with Crippen molar-refractivity contribution in [3.8, 4) is 0 Å². The summed E-state index contributed by atoms with van der Waals surface area (Å²) in [6.07, 6.45) is 0.281. The van der Waals surface area contributed by atoms with E-state index in [0.29, 0.717) is 28.3 Å². The standard InChI is InChI=1S/C9H7BrCl3NO2/c10-5-6(11)4(7(12)14-8(5)13)9-15-2-1-3-16-9/h9H,1-3H2. The lowest BCUT2D eigenvalue weighted by molar-refractivity contribution is -0.183. The van der Waals surface area contributed by atoms with Crippen molar-refractivity contribution in [2.75, 3.05) is 13.2 Å². The maximum absolute atomic E-state index is 6.12. The zero-order chi connectivity index (χ0) is 11.7. The van der Waals surface area contributed by atoms with Crippen molar-refractivity contribution in [1.82, 2.24) is 4.98 Å². The molecule has 0 N–H and O–H groups in total. The van der Waals surface area contributed by atoms with E-state index in [2.05, 4.69) is 20.9 Å². The third-order valence-electron chi connectivity index (χ3n) is 2.09. The second kappa shape index (κ2) is 5.38. The SMILES string of the molecule is Clc1nc(Cl)c(C2OCCCO2)c(Cl)c1Br. The van der Waals surface area contributed by atoms with Crippen LogP contribution < -0.4 is 0 Å². The first kappa shape index (κ1) is 12.9. The molecule has 1 aromatic rings. The van der Waals surface area contributed by atoms with E-state index in [1.165, 1.54) is 0 Å². The van der Waals surface area contributed by atoms with Gasteiger partial charge in [-0.1, -0.05) is 34.8 Å². The summed E-state index contributed by atoms with van der Waals surface area (Å²) in [4.78, 5) is 3.95. The molecule has 0 saturated carbocycles. The maximum atomic E-state index is 6.12. The van der Waals surface area contributed by atoms with Gasteiger partial charge in [0.25, 0.3) is 0 Å². The van der Waals surface area contributed by atoms with Crippen molar-refractivity contribution >= 4 is 50.7 Å². The highest BCUT2D eigenvalue weighted by molar-refractivity contribution is 9.10. The van der Waals surface area contributed by atoms with Gasteiger partial charge in [0, 0.05) is 0 Å². The molecule has 0 unspecified atom stereocenters. The summed E-state index contributed by atoms with van der Waals surface area (Å²) < 4.78 is 11.3. The van der Waals surface area contributed by atoms with E-state index in [-0.39, 0.29) is 10.3 Å². The van der Waals surface area contributed by atoms with Crippen LogP contribution >= 0.6 is 50.7 Å². The number of rotatable bonds is 1. The number of hydrogen-bond donors (Lipinski definition) is 0. The molecule has 1 aliphatic heterocycles. The van der Waals surface area contributed by atoms with Gasteiger partial charge in [0.2, 0.25) is 0 Å². The summed E-state index contributed by atoms with van der Waals surface area (Å²) in [5.41, 5.74) is 0.513. The Morgan fingerprint density at radius 1 is 1.12 bits per heavy atom. The van der Waals surface area contributed by atoms with Crippen LogP contribution in [-0.2, 0) is 9.47 Å².